The van der Waals surface area contributed by atoms with E-state index in [0.717, 1.165) is 0 Å². The number of allylic oxidation sites excluding steroid dienone is 4. The molecule has 0 spiro atoms. The second kappa shape index (κ2) is 4.26. The zero-order valence-electron chi connectivity index (χ0n) is 5.15. The first-order chi connectivity index (χ1) is 3.43. The summed E-state index contributed by atoms with van der Waals surface area (Å²) in [6, 6.07) is 0. The number of hydrogen-bond donors (Lipinski definition) is 0. The molecule has 0 saturated heterocycles. The van der Waals surface area contributed by atoms with E-state index >= 15 is 0 Å². The standard InChI is InChI=1S/C7H10.Zr/c1-2-7-5-3-4-6-7;/h3-5H,2,6H2,1H3;. The van der Waals surface area contributed by atoms with Crippen molar-refractivity contribution in [2.45, 2.75) is 19.8 Å². The van der Waals surface area contributed by atoms with Gasteiger partial charge in [0.2, 0.25) is 0 Å². The third-order valence-electron chi connectivity index (χ3n) is 1.30. The summed E-state index contributed by atoms with van der Waals surface area (Å²) in [6.07, 6.45) is 8.92. The van der Waals surface area contributed by atoms with Crippen LogP contribution in [0.25, 0.3) is 0 Å². The van der Waals surface area contributed by atoms with Crippen molar-refractivity contribution in [3.05, 3.63) is 23.8 Å². The molecule has 0 saturated carbocycles. The molecule has 0 nitrogen and oxygen atoms in total. The minimum atomic E-state index is 0. The second-order valence-electron chi connectivity index (χ2n) is 1.81. The number of hydrogen-bond acceptors (Lipinski definition) is 0. The van der Waals surface area contributed by atoms with Crippen molar-refractivity contribution in [2.75, 3.05) is 0 Å². The molecule has 0 radical (unpaired) electrons. The summed E-state index contributed by atoms with van der Waals surface area (Å²) >= 11 is 0. The SMILES string of the molecule is CCC1=CC=CC1.[Zr]. The minimum absolute atomic E-state index is 0. The van der Waals surface area contributed by atoms with Gasteiger partial charge in [0.05, 0.1) is 0 Å². The van der Waals surface area contributed by atoms with Crippen LogP contribution in [0.5, 0.6) is 0 Å². The Balaban J connectivity index is 0.000000490. The van der Waals surface area contributed by atoms with Gasteiger partial charge in [-0.25, -0.2) is 0 Å². The van der Waals surface area contributed by atoms with Crippen LogP contribution in [0.3, 0.4) is 0 Å². The first-order valence-corrected chi connectivity index (χ1v) is 2.78. The van der Waals surface area contributed by atoms with Crippen LogP contribution < -0.4 is 0 Å². The van der Waals surface area contributed by atoms with Crippen LogP contribution in [0.2, 0.25) is 0 Å². The quantitative estimate of drug-likeness (QED) is 0.588. The maximum atomic E-state index is 2.19. The third-order valence-corrected chi connectivity index (χ3v) is 1.30. The van der Waals surface area contributed by atoms with Crippen LogP contribution in [0.4, 0.5) is 0 Å². The Morgan fingerprint density at radius 2 is 2.38 bits per heavy atom. The van der Waals surface area contributed by atoms with Gasteiger partial charge in [0.25, 0.3) is 0 Å². The Kier molecular flexibility index (Phi) is 4.46. The van der Waals surface area contributed by atoms with Gasteiger partial charge < -0.3 is 0 Å². The average molecular weight is 185 g/mol. The van der Waals surface area contributed by atoms with Crippen molar-refractivity contribution in [1.29, 1.82) is 0 Å². The molecule has 0 amide bonds. The van der Waals surface area contributed by atoms with Crippen LogP contribution >= 0.6 is 0 Å². The van der Waals surface area contributed by atoms with Crippen molar-refractivity contribution in [3.8, 4) is 0 Å². The number of rotatable bonds is 1. The normalized spacial score (nSPS) is 15.4. The molecule has 1 rings (SSSR count). The van der Waals surface area contributed by atoms with E-state index in [0.29, 0.717) is 0 Å². The largest absolute Gasteiger partial charge is 0.0805 e. The van der Waals surface area contributed by atoms with Crippen LogP contribution in [-0.2, 0) is 26.2 Å². The van der Waals surface area contributed by atoms with Gasteiger partial charge in [0.1, 0.15) is 0 Å². The molecular formula is C7H10Zr. The first-order valence-electron chi connectivity index (χ1n) is 2.78. The summed E-state index contributed by atoms with van der Waals surface area (Å²) in [5.74, 6) is 0. The third kappa shape index (κ3) is 2.09. The van der Waals surface area contributed by atoms with E-state index in [1.54, 1.807) is 5.57 Å². The molecule has 0 aromatic heterocycles. The molecular weight excluding hydrogens is 175 g/mol. The van der Waals surface area contributed by atoms with Crippen LogP contribution in [0, 0.1) is 0 Å². The Hall–Kier alpha value is 0.363. The van der Waals surface area contributed by atoms with E-state index in [1.807, 2.05) is 0 Å². The summed E-state index contributed by atoms with van der Waals surface area (Å²) in [5.41, 5.74) is 1.56. The summed E-state index contributed by atoms with van der Waals surface area (Å²) in [6.45, 7) is 2.19. The molecule has 1 heteroatoms. The molecule has 0 bridgehead atoms. The summed E-state index contributed by atoms with van der Waals surface area (Å²) in [4.78, 5) is 0. The van der Waals surface area contributed by atoms with E-state index in [-0.39, 0.29) is 26.2 Å². The summed E-state index contributed by atoms with van der Waals surface area (Å²) < 4.78 is 0. The predicted octanol–water partition coefficient (Wildman–Crippen LogP) is 2.28. The van der Waals surface area contributed by atoms with Gasteiger partial charge in [-0.1, -0.05) is 30.7 Å². The first kappa shape index (κ1) is 8.36. The van der Waals surface area contributed by atoms with E-state index in [1.165, 1.54) is 12.8 Å². The zero-order valence-corrected chi connectivity index (χ0v) is 7.60. The molecule has 0 unspecified atom stereocenters. The van der Waals surface area contributed by atoms with Gasteiger partial charge in [0, 0.05) is 26.2 Å². The van der Waals surface area contributed by atoms with E-state index < -0.39 is 0 Å². The monoisotopic (exact) mass is 184 g/mol. The molecule has 0 heterocycles. The fraction of sp³-hybridized carbons (Fsp3) is 0.429. The Morgan fingerprint density at radius 3 is 2.62 bits per heavy atom. The van der Waals surface area contributed by atoms with Gasteiger partial charge in [-0.3, -0.25) is 0 Å². The summed E-state index contributed by atoms with van der Waals surface area (Å²) in [7, 11) is 0. The minimum Gasteiger partial charge on any atom is -0.0805 e. The van der Waals surface area contributed by atoms with E-state index in [4.69, 9.17) is 0 Å². The van der Waals surface area contributed by atoms with Crippen molar-refractivity contribution >= 4 is 0 Å². The second-order valence-corrected chi connectivity index (χ2v) is 1.81. The summed E-state index contributed by atoms with van der Waals surface area (Å²) in [5, 5.41) is 0. The van der Waals surface area contributed by atoms with Crippen molar-refractivity contribution in [1.82, 2.24) is 0 Å². The van der Waals surface area contributed by atoms with Gasteiger partial charge in [-0.05, 0) is 12.8 Å². The van der Waals surface area contributed by atoms with Crippen molar-refractivity contribution in [2.24, 2.45) is 0 Å². The van der Waals surface area contributed by atoms with Crippen molar-refractivity contribution in [3.63, 3.8) is 0 Å². The van der Waals surface area contributed by atoms with E-state index in [9.17, 15) is 0 Å². The maximum Gasteiger partial charge on any atom is 0 e. The molecule has 0 atom stereocenters. The molecule has 1 aliphatic carbocycles. The van der Waals surface area contributed by atoms with Crippen molar-refractivity contribution < 1.29 is 26.2 Å². The van der Waals surface area contributed by atoms with Crippen LogP contribution in [-0.4, -0.2) is 0 Å². The topological polar surface area (TPSA) is 0 Å². The molecule has 0 fully saturated rings. The fourth-order valence-electron chi connectivity index (χ4n) is 0.754. The smallest absolute Gasteiger partial charge is 0 e. The van der Waals surface area contributed by atoms with E-state index in [2.05, 4.69) is 25.2 Å². The molecule has 42 valence electrons. The molecule has 0 aromatic rings. The zero-order chi connectivity index (χ0) is 5.11. The Labute approximate surface area is 69.8 Å². The van der Waals surface area contributed by atoms with Crippen LogP contribution in [0.15, 0.2) is 23.8 Å². The Bertz CT molecular complexity index is 112. The molecule has 0 N–H and O–H groups in total. The predicted molar refractivity (Wildman–Crippen MR) is 32.1 cm³/mol. The fourth-order valence-corrected chi connectivity index (χ4v) is 0.754. The molecule has 0 aromatic carbocycles. The molecule has 1 aliphatic rings. The van der Waals surface area contributed by atoms with Gasteiger partial charge >= 0.3 is 0 Å². The Morgan fingerprint density at radius 1 is 1.62 bits per heavy atom. The van der Waals surface area contributed by atoms with Crippen LogP contribution in [0.1, 0.15) is 19.8 Å². The maximum absolute atomic E-state index is 2.19. The van der Waals surface area contributed by atoms with Gasteiger partial charge in [0.15, 0.2) is 0 Å². The molecule has 8 heavy (non-hydrogen) atoms. The average Bonchev–Trinajstić information content (AvgIpc) is 2.14. The van der Waals surface area contributed by atoms with Gasteiger partial charge in [-0.15, -0.1) is 0 Å². The molecule has 0 aliphatic heterocycles. The van der Waals surface area contributed by atoms with Gasteiger partial charge in [-0.2, -0.15) is 0 Å².